The highest BCUT2D eigenvalue weighted by atomic mass is 79.9. The lowest BCUT2D eigenvalue weighted by Gasteiger charge is -1.91. The molecule has 0 saturated carbocycles. The average molecular weight is 217 g/mol. The van der Waals surface area contributed by atoms with Gasteiger partial charge < -0.3 is 0 Å². The molecule has 11 heavy (non-hydrogen) atoms. The molecule has 1 heterocycles. The summed E-state index contributed by atoms with van der Waals surface area (Å²) in [6, 6.07) is 1.70. The van der Waals surface area contributed by atoms with Crippen molar-refractivity contribution in [3.8, 4) is 6.57 Å². The van der Waals surface area contributed by atoms with Gasteiger partial charge >= 0.3 is 0 Å². The molecule has 0 amide bonds. The second-order valence-corrected chi connectivity index (χ2v) is 2.56. The summed E-state index contributed by atoms with van der Waals surface area (Å²) in [5.74, 6) is 0. The molecule has 0 atom stereocenters. The Balaban J connectivity index is 0.000000461. The van der Waals surface area contributed by atoms with Gasteiger partial charge in [-0.05, 0) is 22.0 Å². The van der Waals surface area contributed by atoms with Gasteiger partial charge in [-0.2, -0.15) is 0 Å². The first-order valence-corrected chi connectivity index (χ1v) is 3.53. The fourth-order valence-electron chi connectivity index (χ4n) is 0.529. The minimum Gasteiger partial charge on any atom is -0.263 e. The second-order valence-electron chi connectivity index (χ2n) is 1.65. The van der Waals surface area contributed by atoms with Crippen LogP contribution in [0.25, 0.3) is 0 Å². The molecular formula is C7H6BrFN2. The summed E-state index contributed by atoms with van der Waals surface area (Å²) >= 11 is 3.17. The van der Waals surface area contributed by atoms with E-state index in [1.165, 1.54) is 6.20 Å². The lowest BCUT2D eigenvalue weighted by molar-refractivity contribution is 0.484. The maximum atomic E-state index is 11.8. The third-order valence-corrected chi connectivity index (χ3v) is 1.35. The molecule has 0 unspecified atom stereocenters. The first-order valence-electron chi connectivity index (χ1n) is 2.74. The van der Waals surface area contributed by atoms with Gasteiger partial charge in [-0.1, -0.05) is 0 Å². The SMILES string of the molecule is C#N.FCc1cncc(Br)c1. The van der Waals surface area contributed by atoms with Crippen molar-refractivity contribution in [2.24, 2.45) is 0 Å². The number of hydrogen-bond acceptors (Lipinski definition) is 2. The van der Waals surface area contributed by atoms with Crippen LogP contribution in [-0.2, 0) is 6.67 Å². The molecule has 1 rings (SSSR count). The molecule has 0 spiro atoms. The number of nitriles is 1. The quantitative estimate of drug-likeness (QED) is 0.724. The van der Waals surface area contributed by atoms with Crippen molar-refractivity contribution in [2.45, 2.75) is 6.67 Å². The zero-order valence-electron chi connectivity index (χ0n) is 5.67. The van der Waals surface area contributed by atoms with Gasteiger partial charge in [0, 0.05) is 29.0 Å². The maximum absolute atomic E-state index is 11.8. The summed E-state index contributed by atoms with van der Waals surface area (Å²) in [6.07, 6.45) is 3.13. The minimum absolute atomic E-state index is 0.452. The molecule has 0 radical (unpaired) electrons. The Labute approximate surface area is 72.8 Å². The molecule has 0 aliphatic carbocycles. The summed E-state index contributed by atoms with van der Waals surface area (Å²) < 4.78 is 12.7. The Morgan fingerprint density at radius 3 is 2.55 bits per heavy atom. The molecule has 0 aliphatic rings. The highest BCUT2D eigenvalue weighted by molar-refractivity contribution is 9.10. The topological polar surface area (TPSA) is 36.7 Å². The van der Waals surface area contributed by atoms with E-state index < -0.39 is 6.67 Å². The van der Waals surface area contributed by atoms with Crippen LogP contribution in [-0.4, -0.2) is 4.98 Å². The number of nitrogens with zero attached hydrogens (tertiary/aromatic N) is 2. The van der Waals surface area contributed by atoms with Crippen LogP contribution in [0.4, 0.5) is 4.39 Å². The number of alkyl halides is 1. The summed E-state index contributed by atoms with van der Waals surface area (Å²) in [5.41, 5.74) is 0.601. The predicted molar refractivity (Wildman–Crippen MR) is 43.4 cm³/mol. The molecule has 0 aliphatic heterocycles. The lowest BCUT2D eigenvalue weighted by Crippen LogP contribution is -1.79. The molecule has 0 aromatic carbocycles. The average Bonchev–Trinajstić information content (AvgIpc) is 2.08. The van der Waals surface area contributed by atoms with Gasteiger partial charge in [0.2, 0.25) is 0 Å². The number of halogens is 2. The van der Waals surface area contributed by atoms with Gasteiger partial charge in [-0.15, -0.1) is 0 Å². The fraction of sp³-hybridized carbons (Fsp3) is 0.143. The van der Waals surface area contributed by atoms with E-state index >= 15 is 0 Å². The van der Waals surface area contributed by atoms with E-state index in [-0.39, 0.29) is 0 Å². The zero-order valence-corrected chi connectivity index (χ0v) is 7.25. The third-order valence-electron chi connectivity index (χ3n) is 0.916. The van der Waals surface area contributed by atoms with E-state index in [0.717, 1.165) is 4.47 Å². The van der Waals surface area contributed by atoms with E-state index in [4.69, 9.17) is 5.26 Å². The summed E-state index contributed by atoms with van der Waals surface area (Å²) in [7, 11) is 0. The van der Waals surface area contributed by atoms with E-state index in [2.05, 4.69) is 27.5 Å². The van der Waals surface area contributed by atoms with Gasteiger partial charge in [0.25, 0.3) is 0 Å². The summed E-state index contributed by atoms with van der Waals surface area (Å²) in [5, 5.41) is 6.50. The Hall–Kier alpha value is -0.950. The number of aromatic nitrogens is 1. The first-order chi connectivity index (χ1) is 5.33. The fourth-order valence-corrected chi connectivity index (χ4v) is 0.941. The normalized spacial score (nSPS) is 8.00. The van der Waals surface area contributed by atoms with Crippen molar-refractivity contribution in [2.75, 3.05) is 0 Å². The zero-order chi connectivity index (χ0) is 8.69. The Morgan fingerprint density at radius 1 is 1.55 bits per heavy atom. The van der Waals surface area contributed by atoms with Crippen LogP contribution in [0.15, 0.2) is 22.9 Å². The van der Waals surface area contributed by atoms with Crippen molar-refractivity contribution in [3.05, 3.63) is 28.5 Å². The van der Waals surface area contributed by atoms with Crippen molar-refractivity contribution < 1.29 is 4.39 Å². The van der Waals surface area contributed by atoms with E-state index in [9.17, 15) is 4.39 Å². The highest BCUT2D eigenvalue weighted by Crippen LogP contribution is 2.09. The number of hydrogen-bond donors (Lipinski definition) is 0. The largest absolute Gasteiger partial charge is 0.263 e. The minimum atomic E-state index is -0.452. The van der Waals surface area contributed by atoms with Gasteiger partial charge in [0.05, 0.1) is 0 Å². The van der Waals surface area contributed by atoms with Gasteiger partial charge in [-0.25, -0.2) is 9.65 Å². The van der Waals surface area contributed by atoms with Crippen molar-refractivity contribution >= 4 is 15.9 Å². The van der Waals surface area contributed by atoms with Crippen molar-refractivity contribution in [1.82, 2.24) is 4.98 Å². The van der Waals surface area contributed by atoms with E-state index in [0.29, 0.717) is 5.56 Å². The number of rotatable bonds is 1. The molecule has 1 aromatic rings. The Kier molecular flexibility index (Phi) is 5.30. The van der Waals surface area contributed by atoms with Crippen molar-refractivity contribution in [1.29, 1.82) is 5.26 Å². The van der Waals surface area contributed by atoms with Gasteiger partial charge in [0.1, 0.15) is 6.67 Å². The summed E-state index contributed by atoms with van der Waals surface area (Å²) in [4.78, 5) is 3.77. The molecule has 0 saturated heterocycles. The third kappa shape index (κ3) is 3.68. The van der Waals surface area contributed by atoms with Crippen LogP contribution in [0.5, 0.6) is 0 Å². The van der Waals surface area contributed by atoms with Crippen molar-refractivity contribution in [3.63, 3.8) is 0 Å². The number of pyridine rings is 1. The van der Waals surface area contributed by atoms with Crippen LogP contribution < -0.4 is 0 Å². The van der Waals surface area contributed by atoms with Gasteiger partial charge in [0.15, 0.2) is 0 Å². The van der Waals surface area contributed by atoms with Crippen LogP contribution in [0, 0.1) is 11.8 Å². The monoisotopic (exact) mass is 216 g/mol. The van der Waals surface area contributed by atoms with E-state index in [1.807, 2.05) is 0 Å². The van der Waals surface area contributed by atoms with Crippen LogP contribution >= 0.6 is 15.9 Å². The molecule has 58 valence electrons. The molecule has 0 N–H and O–H groups in total. The standard InChI is InChI=1S/C6H5BrFN.CHN/c7-6-1-5(2-8)3-9-4-6;1-2/h1,3-4H,2H2;1H. The highest BCUT2D eigenvalue weighted by Gasteiger charge is 1.90. The molecule has 2 nitrogen and oxygen atoms in total. The maximum Gasteiger partial charge on any atom is 0.116 e. The molecule has 0 bridgehead atoms. The van der Waals surface area contributed by atoms with Crippen LogP contribution in [0.2, 0.25) is 0 Å². The van der Waals surface area contributed by atoms with Gasteiger partial charge in [-0.3, -0.25) is 4.98 Å². The lowest BCUT2D eigenvalue weighted by atomic mass is 10.3. The Bertz CT molecular complexity index is 237. The molecular weight excluding hydrogens is 211 g/mol. The first kappa shape index (κ1) is 10.0. The van der Waals surface area contributed by atoms with E-state index in [1.54, 1.807) is 12.3 Å². The predicted octanol–water partition coefficient (Wildman–Crippen LogP) is 2.45. The summed E-state index contributed by atoms with van der Waals surface area (Å²) in [6.45, 7) is 3.05. The molecule has 1 aromatic heterocycles. The second kappa shape index (κ2) is 5.81. The molecule has 0 fully saturated rings. The van der Waals surface area contributed by atoms with Crippen LogP contribution in [0.1, 0.15) is 5.56 Å². The Morgan fingerprint density at radius 2 is 2.18 bits per heavy atom. The molecule has 4 heteroatoms. The van der Waals surface area contributed by atoms with Crippen LogP contribution in [0.3, 0.4) is 0 Å². The smallest absolute Gasteiger partial charge is 0.116 e.